The Bertz CT molecular complexity index is 1700. The highest BCUT2D eigenvalue weighted by molar-refractivity contribution is 6.03. The van der Waals surface area contributed by atoms with Crippen molar-refractivity contribution < 1.29 is 22.5 Å². The molecular weight excluding hydrogens is 503 g/mol. The molecule has 1 saturated carbocycles. The topological polar surface area (TPSA) is 141 Å². The standard InChI is InChI=1S/C24H22F3N9O2/c1-12(2)36-10-13(18-19(28)30-11-31-21(18)36)15-4-3-14(20-29-7-8-35(15)20)32-22(37)33-17-9-16(38-34-17)23(5-6-23)24(25,26)27/h3-4,7-12H,5-6H2,1-2H3,(H2,28,30,31)(H2,32,33,34,37). The number of nitrogens with zero attached hydrogens (tertiary/aromatic N) is 6. The quantitative estimate of drug-likeness (QED) is 0.289. The molecule has 14 heteroatoms. The maximum atomic E-state index is 13.4. The fourth-order valence-corrected chi connectivity index (χ4v) is 4.65. The van der Waals surface area contributed by atoms with Crippen molar-refractivity contribution in [3.63, 3.8) is 0 Å². The van der Waals surface area contributed by atoms with Crippen molar-refractivity contribution in [1.29, 1.82) is 0 Å². The zero-order valence-corrected chi connectivity index (χ0v) is 20.2. The number of fused-ring (bicyclic) bond motifs is 2. The summed E-state index contributed by atoms with van der Waals surface area (Å²) in [6, 6.07) is 3.97. The Hall–Kier alpha value is -4.62. The van der Waals surface area contributed by atoms with Crippen LogP contribution in [0, 0.1) is 0 Å². The first-order valence-corrected chi connectivity index (χ1v) is 11.8. The average molecular weight is 525 g/mol. The van der Waals surface area contributed by atoms with Crippen molar-refractivity contribution in [2.45, 2.75) is 44.3 Å². The van der Waals surface area contributed by atoms with E-state index in [1.54, 1.807) is 28.9 Å². The smallest absolute Gasteiger partial charge is 0.383 e. The summed E-state index contributed by atoms with van der Waals surface area (Å²) >= 11 is 0. The lowest BCUT2D eigenvalue weighted by Gasteiger charge is -2.15. The number of imidazole rings is 1. The molecule has 1 aliphatic carbocycles. The molecule has 0 bridgehead atoms. The summed E-state index contributed by atoms with van der Waals surface area (Å²) in [5.41, 5.74) is 7.24. The minimum Gasteiger partial charge on any atom is -0.383 e. The molecule has 2 amide bonds. The third-order valence-electron chi connectivity index (χ3n) is 6.78. The van der Waals surface area contributed by atoms with Gasteiger partial charge in [0.1, 0.15) is 23.2 Å². The summed E-state index contributed by atoms with van der Waals surface area (Å²) in [6.45, 7) is 4.07. The predicted octanol–water partition coefficient (Wildman–Crippen LogP) is 5.14. The number of anilines is 3. The van der Waals surface area contributed by atoms with E-state index in [-0.39, 0.29) is 30.5 Å². The molecule has 11 nitrogen and oxygen atoms in total. The number of carbonyl (C=O) groups is 1. The minimum atomic E-state index is -4.45. The van der Waals surface area contributed by atoms with E-state index in [4.69, 9.17) is 10.3 Å². The van der Waals surface area contributed by atoms with E-state index in [0.717, 1.165) is 17.3 Å². The van der Waals surface area contributed by atoms with Crippen molar-refractivity contribution in [2.75, 3.05) is 16.4 Å². The number of nitrogen functional groups attached to an aromatic ring is 1. The van der Waals surface area contributed by atoms with Crippen LogP contribution in [0.1, 0.15) is 38.5 Å². The van der Waals surface area contributed by atoms with Gasteiger partial charge in [0.25, 0.3) is 0 Å². The second-order valence-corrected chi connectivity index (χ2v) is 9.49. The van der Waals surface area contributed by atoms with Gasteiger partial charge in [0.05, 0.1) is 16.8 Å². The number of urea groups is 1. The van der Waals surface area contributed by atoms with Crippen LogP contribution in [-0.4, -0.2) is 41.3 Å². The van der Waals surface area contributed by atoms with Gasteiger partial charge in [-0.15, -0.1) is 0 Å². The molecule has 1 fully saturated rings. The fourth-order valence-electron chi connectivity index (χ4n) is 4.65. The van der Waals surface area contributed by atoms with Crippen molar-refractivity contribution in [1.82, 2.24) is 29.1 Å². The molecule has 6 rings (SSSR count). The van der Waals surface area contributed by atoms with E-state index in [9.17, 15) is 18.0 Å². The van der Waals surface area contributed by atoms with Gasteiger partial charge < -0.3 is 20.1 Å². The highest BCUT2D eigenvalue weighted by Gasteiger charge is 2.66. The van der Waals surface area contributed by atoms with Gasteiger partial charge in [0.2, 0.25) is 0 Å². The minimum absolute atomic E-state index is 0.0743. The number of rotatable bonds is 5. The Balaban J connectivity index is 1.29. The van der Waals surface area contributed by atoms with Crippen LogP contribution in [0.2, 0.25) is 0 Å². The fraction of sp³-hybridized carbons (Fsp3) is 0.292. The summed E-state index contributed by atoms with van der Waals surface area (Å²) in [4.78, 5) is 25.6. The van der Waals surface area contributed by atoms with Crippen LogP contribution in [0.25, 0.3) is 27.9 Å². The monoisotopic (exact) mass is 525 g/mol. The third-order valence-corrected chi connectivity index (χ3v) is 6.78. The first-order valence-electron chi connectivity index (χ1n) is 11.8. The van der Waals surface area contributed by atoms with Crippen LogP contribution in [-0.2, 0) is 5.41 Å². The van der Waals surface area contributed by atoms with Gasteiger partial charge in [0.15, 0.2) is 17.2 Å². The third kappa shape index (κ3) is 3.63. The van der Waals surface area contributed by atoms with Gasteiger partial charge >= 0.3 is 12.2 Å². The molecule has 38 heavy (non-hydrogen) atoms. The number of aromatic nitrogens is 6. The number of alkyl halides is 3. The van der Waals surface area contributed by atoms with Gasteiger partial charge in [-0.2, -0.15) is 13.2 Å². The molecule has 0 aliphatic heterocycles. The molecule has 0 saturated heterocycles. The molecule has 5 aromatic rings. The van der Waals surface area contributed by atoms with E-state index in [0.29, 0.717) is 28.2 Å². The van der Waals surface area contributed by atoms with Crippen molar-refractivity contribution in [3.05, 3.63) is 48.9 Å². The molecule has 5 aromatic heterocycles. The normalized spacial score (nSPS) is 14.9. The largest absolute Gasteiger partial charge is 0.401 e. The molecule has 0 aromatic carbocycles. The van der Waals surface area contributed by atoms with Crippen molar-refractivity contribution >= 4 is 40.0 Å². The Morgan fingerprint density at radius 1 is 1.16 bits per heavy atom. The summed E-state index contributed by atoms with van der Waals surface area (Å²) < 4.78 is 48.7. The van der Waals surface area contributed by atoms with E-state index in [1.165, 1.54) is 6.33 Å². The van der Waals surface area contributed by atoms with E-state index < -0.39 is 17.6 Å². The molecular formula is C24H22F3N9O2. The number of amides is 2. The summed E-state index contributed by atoms with van der Waals surface area (Å²) in [5.74, 6) is -0.102. The lowest BCUT2D eigenvalue weighted by Crippen LogP contribution is -2.28. The molecule has 1 aliphatic rings. The predicted molar refractivity (Wildman–Crippen MR) is 133 cm³/mol. The summed E-state index contributed by atoms with van der Waals surface area (Å²) in [5, 5.41) is 9.37. The van der Waals surface area contributed by atoms with Gasteiger partial charge in [-0.05, 0) is 38.8 Å². The number of pyridine rings is 1. The maximum absolute atomic E-state index is 13.4. The van der Waals surface area contributed by atoms with Gasteiger partial charge in [-0.1, -0.05) is 5.16 Å². The molecule has 0 spiro atoms. The molecule has 0 unspecified atom stereocenters. The lowest BCUT2D eigenvalue weighted by molar-refractivity contribution is -0.165. The zero-order chi connectivity index (χ0) is 26.8. The highest BCUT2D eigenvalue weighted by atomic mass is 19.4. The molecule has 5 heterocycles. The number of nitrogens with one attached hydrogen (secondary N) is 2. The SMILES string of the molecule is CC(C)n1cc(-c2ccc(NC(=O)Nc3cc(C4(C(F)(F)F)CC4)on3)c3nccn23)c2c(N)ncnc21. The van der Waals surface area contributed by atoms with Gasteiger partial charge in [0, 0.05) is 36.3 Å². The molecule has 0 atom stereocenters. The van der Waals surface area contributed by atoms with Crippen LogP contribution in [0.3, 0.4) is 0 Å². The molecule has 196 valence electrons. The first kappa shape index (κ1) is 23.8. The maximum Gasteiger partial charge on any atom is 0.401 e. The molecule has 0 radical (unpaired) electrons. The van der Waals surface area contributed by atoms with Gasteiger partial charge in [-0.3, -0.25) is 9.72 Å². The van der Waals surface area contributed by atoms with Crippen LogP contribution < -0.4 is 16.4 Å². The van der Waals surface area contributed by atoms with E-state index in [1.807, 2.05) is 24.6 Å². The second-order valence-electron chi connectivity index (χ2n) is 9.49. The number of carbonyl (C=O) groups excluding carboxylic acids is 1. The van der Waals surface area contributed by atoms with Gasteiger partial charge in [-0.25, -0.2) is 19.7 Å². The Morgan fingerprint density at radius 3 is 2.66 bits per heavy atom. The number of hydrogen-bond donors (Lipinski definition) is 3. The zero-order valence-electron chi connectivity index (χ0n) is 20.2. The summed E-state index contributed by atoms with van der Waals surface area (Å²) in [6.07, 6.45) is 2.10. The second kappa shape index (κ2) is 8.19. The van der Waals surface area contributed by atoms with Crippen LogP contribution >= 0.6 is 0 Å². The van der Waals surface area contributed by atoms with Crippen molar-refractivity contribution in [2.24, 2.45) is 0 Å². The number of hydrogen-bond acceptors (Lipinski definition) is 7. The van der Waals surface area contributed by atoms with Crippen LogP contribution in [0.4, 0.5) is 35.3 Å². The highest BCUT2D eigenvalue weighted by Crippen LogP contribution is 2.59. The Morgan fingerprint density at radius 2 is 1.95 bits per heavy atom. The Labute approximate surface area is 212 Å². The van der Waals surface area contributed by atoms with Crippen LogP contribution in [0.5, 0.6) is 0 Å². The number of halogens is 3. The summed E-state index contributed by atoms with van der Waals surface area (Å²) in [7, 11) is 0. The Kier molecular flexibility index (Phi) is 5.12. The first-order chi connectivity index (χ1) is 18.1. The van der Waals surface area contributed by atoms with E-state index >= 15 is 0 Å². The van der Waals surface area contributed by atoms with Crippen LogP contribution in [0.15, 0.2) is 47.6 Å². The number of nitrogens with two attached hydrogens (primary N) is 1. The molecule has 4 N–H and O–H groups in total. The average Bonchev–Trinajstić information content (AvgIpc) is 3.19. The van der Waals surface area contributed by atoms with E-state index in [2.05, 4.69) is 30.7 Å². The lowest BCUT2D eigenvalue weighted by atomic mass is 10.0. The van der Waals surface area contributed by atoms with Crippen molar-refractivity contribution in [3.8, 4) is 11.3 Å².